The average molecular weight is 255 g/mol. The molecule has 1 aliphatic carbocycles. The minimum Gasteiger partial charge on any atom is -0.480 e. The van der Waals surface area contributed by atoms with E-state index in [2.05, 4.69) is 12.2 Å². The predicted octanol–water partition coefficient (Wildman–Crippen LogP) is 3.72. The molecule has 18 heavy (non-hydrogen) atoms. The zero-order valence-electron chi connectivity index (χ0n) is 11.8. The molecule has 1 unspecified atom stereocenters. The van der Waals surface area contributed by atoms with Crippen molar-refractivity contribution in [3.63, 3.8) is 0 Å². The van der Waals surface area contributed by atoms with Crippen molar-refractivity contribution in [1.82, 2.24) is 5.32 Å². The van der Waals surface area contributed by atoms with Gasteiger partial charge in [0.15, 0.2) is 0 Å². The first-order valence-corrected chi connectivity index (χ1v) is 7.73. The molecule has 0 spiro atoms. The Bertz CT molecular complexity index is 225. The second-order valence-corrected chi connectivity index (χ2v) is 5.60. The van der Waals surface area contributed by atoms with Gasteiger partial charge in [-0.05, 0) is 19.3 Å². The first-order valence-electron chi connectivity index (χ1n) is 7.73. The molecule has 0 aromatic carbocycles. The molecule has 106 valence electrons. The van der Waals surface area contributed by atoms with Crippen LogP contribution in [0.5, 0.6) is 0 Å². The van der Waals surface area contributed by atoms with Crippen LogP contribution < -0.4 is 5.32 Å². The van der Waals surface area contributed by atoms with E-state index in [1.807, 2.05) is 0 Å². The first kappa shape index (κ1) is 15.5. The quantitative estimate of drug-likeness (QED) is 0.617. The summed E-state index contributed by atoms with van der Waals surface area (Å²) in [4.78, 5) is 11.2. The van der Waals surface area contributed by atoms with Crippen LogP contribution in [0.3, 0.4) is 0 Å². The summed E-state index contributed by atoms with van der Waals surface area (Å²) in [6.45, 7) is 2.20. The Morgan fingerprint density at radius 2 is 1.83 bits per heavy atom. The van der Waals surface area contributed by atoms with Crippen LogP contribution in [0, 0.1) is 0 Å². The highest BCUT2D eigenvalue weighted by atomic mass is 16.4. The molecule has 3 nitrogen and oxygen atoms in total. The van der Waals surface area contributed by atoms with Crippen LogP contribution in [0.15, 0.2) is 0 Å². The summed E-state index contributed by atoms with van der Waals surface area (Å²) in [5.41, 5.74) is 0. The molecule has 1 fully saturated rings. The normalized spacial score (nSPS) is 18.7. The molecule has 3 heteroatoms. The lowest BCUT2D eigenvalue weighted by molar-refractivity contribution is -0.140. The SMILES string of the molecule is CCCCCCCC(NC1CCCCC1)C(=O)O. The smallest absolute Gasteiger partial charge is 0.320 e. The van der Waals surface area contributed by atoms with Gasteiger partial charge in [0.05, 0.1) is 0 Å². The number of aliphatic carboxylic acids is 1. The Hall–Kier alpha value is -0.570. The molecule has 1 atom stereocenters. The molecule has 0 radical (unpaired) electrons. The van der Waals surface area contributed by atoms with E-state index >= 15 is 0 Å². The molecule has 0 aromatic rings. The zero-order chi connectivity index (χ0) is 13.2. The molecule has 0 amide bonds. The Morgan fingerprint density at radius 1 is 1.17 bits per heavy atom. The van der Waals surface area contributed by atoms with Crippen LogP contribution in [-0.4, -0.2) is 23.2 Å². The van der Waals surface area contributed by atoms with Gasteiger partial charge in [-0.15, -0.1) is 0 Å². The van der Waals surface area contributed by atoms with E-state index in [0.717, 1.165) is 25.7 Å². The Balaban J connectivity index is 2.19. The Kier molecular flexibility index (Phi) is 8.06. The number of carboxylic acid groups (broad SMARTS) is 1. The molecular weight excluding hydrogens is 226 g/mol. The highest BCUT2D eigenvalue weighted by molar-refractivity contribution is 5.73. The van der Waals surface area contributed by atoms with Gasteiger partial charge in [0, 0.05) is 6.04 Å². The summed E-state index contributed by atoms with van der Waals surface area (Å²) < 4.78 is 0. The minimum absolute atomic E-state index is 0.324. The van der Waals surface area contributed by atoms with Gasteiger partial charge >= 0.3 is 5.97 Å². The fourth-order valence-corrected chi connectivity index (χ4v) is 2.78. The van der Waals surface area contributed by atoms with Gasteiger partial charge < -0.3 is 10.4 Å². The summed E-state index contributed by atoms with van der Waals surface area (Å²) in [6.07, 6.45) is 12.9. The second kappa shape index (κ2) is 9.37. The molecule has 0 bridgehead atoms. The van der Waals surface area contributed by atoms with Crippen molar-refractivity contribution in [2.24, 2.45) is 0 Å². The van der Waals surface area contributed by atoms with Crippen molar-refractivity contribution in [3.05, 3.63) is 0 Å². The Labute approximate surface area is 111 Å². The van der Waals surface area contributed by atoms with Crippen LogP contribution in [0.2, 0.25) is 0 Å². The fourth-order valence-electron chi connectivity index (χ4n) is 2.78. The van der Waals surface area contributed by atoms with Gasteiger partial charge in [0.2, 0.25) is 0 Å². The summed E-state index contributed by atoms with van der Waals surface area (Å²) in [5, 5.41) is 12.6. The average Bonchev–Trinajstić information content (AvgIpc) is 2.38. The van der Waals surface area contributed by atoms with E-state index in [0.29, 0.717) is 6.04 Å². The molecule has 1 rings (SSSR count). The third kappa shape index (κ3) is 6.39. The molecule has 1 aliphatic rings. The zero-order valence-corrected chi connectivity index (χ0v) is 11.8. The van der Waals surface area contributed by atoms with Crippen molar-refractivity contribution in [1.29, 1.82) is 0 Å². The third-order valence-electron chi connectivity index (χ3n) is 3.94. The number of carbonyl (C=O) groups is 1. The van der Waals surface area contributed by atoms with E-state index < -0.39 is 5.97 Å². The largest absolute Gasteiger partial charge is 0.480 e. The van der Waals surface area contributed by atoms with E-state index in [1.165, 1.54) is 44.9 Å². The van der Waals surface area contributed by atoms with Crippen LogP contribution >= 0.6 is 0 Å². The van der Waals surface area contributed by atoms with Gasteiger partial charge in [-0.1, -0.05) is 58.3 Å². The molecule has 1 saturated carbocycles. The lowest BCUT2D eigenvalue weighted by Gasteiger charge is -2.26. The van der Waals surface area contributed by atoms with Crippen LogP contribution in [0.4, 0.5) is 0 Å². The molecule has 0 aliphatic heterocycles. The summed E-state index contributed by atoms with van der Waals surface area (Å²) in [5.74, 6) is -0.670. The monoisotopic (exact) mass is 255 g/mol. The van der Waals surface area contributed by atoms with Gasteiger partial charge in [-0.2, -0.15) is 0 Å². The molecule has 0 heterocycles. The summed E-state index contributed by atoms with van der Waals surface area (Å²) in [7, 11) is 0. The third-order valence-corrected chi connectivity index (χ3v) is 3.94. The number of unbranched alkanes of at least 4 members (excludes halogenated alkanes) is 4. The lowest BCUT2D eigenvalue weighted by Crippen LogP contribution is -2.44. The number of nitrogens with one attached hydrogen (secondary N) is 1. The maximum atomic E-state index is 11.2. The van der Waals surface area contributed by atoms with Crippen LogP contribution in [0.1, 0.15) is 77.6 Å². The van der Waals surface area contributed by atoms with Crippen molar-refractivity contribution in [3.8, 4) is 0 Å². The molecular formula is C15H29NO2. The van der Waals surface area contributed by atoms with Gasteiger partial charge in [0.25, 0.3) is 0 Å². The lowest BCUT2D eigenvalue weighted by atomic mass is 9.94. The maximum absolute atomic E-state index is 11.2. The molecule has 0 saturated heterocycles. The van der Waals surface area contributed by atoms with Gasteiger partial charge in [0.1, 0.15) is 6.04 Å². The van der Waals surface area contributed by atoms with Gasteiger partial charge in [-0.3, -0.25) is 4.79 Å². The number of hydrogen-bond acceptors (Lipinski definition) is 2. The Morgan fingerprint density at radius 3 is 2.44 bits per heavy atom. The maximum Gasteiger partial charge on any atom is 0.320 e. The van der Waals surface area contributed by atoms with Crippen molar-refractivity contribution in [2.75, 3.05) is 0 Å². The molecule has 2 N–H and O–H groups in total. The number of rotatable bonds is 9. The van der Waals surface area contributed by atoms with Crippen molar-refractivity contribution < 1.29 is 9.90 Å². The second-order valence-electron chi connectivity index (χ2n) is 5.60. The standard InChI is InChI=1S/C15H29NO2/c1-2-3-4-5-9-12-14(15(17)18)16-13-10-7-6-8-11-13/h13-14,16H,2-12H2,1H3,(H,17,18). The minimum atomic E-state index is -0.670. The fraction of sp³-hybridized carbons (Fsp3) is 0.933. The highest BCUT2D eigenvalue weighted by Gasteiger charge is 2.22. The highest BCUT2D eigenvalue weighted by Crippen LogP contribution is 2.19. The first-order chi connectivity index (χ1) is 8.74. The number of carboxylic acids is 1. The van der Waals surface area contributed by atoms with E-state index in [9.17, 15) is 9.90 Å². The van der Waals surface area contributed by atoms with E-state index in [4.69, 9.17) is 0 Å². The summed E-state index contributed by atoms with van der Waals surface area (Å²) in [6, 6.07) is 0.116. The van der Waals surface area contributed by atoms with E-state index in [1.54, 1.807) is 0 Å². The van der Waals surface area contributed by atoms with Crippen molar-refractivity contribution >= 4 is 5.97 Å². The van der Waals surface area contributed by atoms with Crippen molar-refractivity contribution in [2.45, 2.75) is 89.6 Å². The summed E-state index contributed by atoms with van der Waals surface area (Å²) >= 11 is 0. The molecule has 0 aromatic heterocycles. The number of hydrogen-bond donors (Lipinski definition) is 2. The predicted molar refractivity (Wildman–Crippen MR) is 74.8 cm³/mol. The van der Waals surface area contributed by atoms with Crippen LogP contribution in [0.25, 0.3) is 0 Å². The topological polar surface area (TPSA) is 49.3 Å². The van der Waals surface area contributed by atoms with Crippen LogP contribution in [-0.2, 0) is 4.79 Å². The van der Waals surface area contributed by atoms with Gasteiger partial charge in [-0.25, -0.2) is 0 Å². The van der Waals surface area contributed by atoms with E-state index in [-0.39, 0.29) is 6.04 Å².